The average Bonchev–Trinajstić information content (AvgIpc) is 3.06. The van der Waals surface area contributed by atoms with Gasteiger partial charge in [0.15, 0.2) is 5.13 Å². The highest BCUT2D eigenvalue weighted by Gasteiger charge is 2.18. The fraction of sp³-hybridized carbons (Fsp3) is 0.500. The number of imidazole rings is 1. The first-order chi connectivity index (χ1) is 9.99. The number of amides is 1. The van der Waals surface area contributed by atoms with Gasteiger partial charge in [-0.25, -0.2) is 9.97 Å². The van der Waals surface area contributed by atoms with Crippen molar-refractivity contribution in [3.63, 3.8) is 0 Å². The third-order valence-corrected chi connectivity index (χ3v) is 3.98. The lowest BCUT2D eigenvalue weighted by molar-refractivity contribution is -0.123. The number of nitrogens with zero attached hydrogens (tertiary/aromatic N) is 3. The van der Waals surface area contributed by atoms with Crippen LogP contribution in [0.1, 0.15) is 44.2 Å². The Morgan fingerprint density at radius 1 is 1.48 bits per heavy atom. The van der Waals surface area contributed by atoms with E-state index in [-0.39, 0.29) is 17.9 Å². The van der Waals surface area contributed by atoms with Crippen molar-refractivity contribution in [3.8, 4) is 0 Å². The molecule has 0 unspecified atom stereocenters. The smallest absolute Gasteiger partial charge is 0.242 e. The second kappa shape index (κ2) is 6.71. The first-order valence-electron chi connectivity index (χ1n) is 6.99. The molecule has 0 aliphatic carbocycles. The highest BCUT2D eigenvalue weighted by atomic mass is 32.1. The topological polar surface area (TPSA) is 85.8 Å². The van der Waals surface area contributed by atoms with Crippen LogP contribution in [0, 0.1) is 0 Å². The van der Waals surface area contributed by atoms with E-state index in [2.05, 4.69) is 29.1 Å². The molecule has 0 spiro atoms. The van der Waals surface area contributed by atoms with Gasteiger partial charge in [0.1, 0.15) is 11.9 Å². The zero-order valence-electron chi connectivity index (χ0n) is 12.5. The van der Waals surface area contributed by atoms with E-state index < -0.39 is 0 Å². The number of anilines is 1. The van der Waals surface area contributed by atoms with Crippen molar-refractivity contribution in [2.45, 2.75) is 39.2 Å². The van der Waals surface area contributed by atoms with Crippen LogP contribution in [-0.2, 0) is 11.2 Å². The molecule has 2 heterocycles. The van der Waals surface area contributed by atoms with E-state index in [4.69, 9.17) is 5.73 Å². The predicted octanol–water partition coefficient (Wildman–Crippen LogP) is 1.97. The van der Waals surface area contributed by atoms with Gasteiger partial charge in [0, 0.05) is 36.7 Å². The van der Waals surface area contributed by atoms with Crippen LogP contribution in [0.3, 0.4) is 0 Å². The molecule has 2 rings (SSSR count). The maximum atomic E-state index is 12.2. The fourth-order valence-corrected chi connectivity index (χ4v) is 2.72. The molecule has 0 saturated carbocycles. The highest BCUT2D eigenvalue weighted by molar-refractivity contribution is 7.13. The second-order valence-corrected chi connectivity index (χ2v) is 6.13. The number of nitrogens with two attached hydrogens (primary N) is 1. The lowest BCUT2D eigenvalue weighted by atomic mass is 10.2. The van der Waals surface area contributed by atoms with Gasteiger partial charge in [-0.2, -0.15) is 0 Å². The van der Waals surface area contributed by atoms with Crippen molar-refractivity contribution < 1.29 is 4.79 Å². The Balaban J connectivity index is 1.89. The molecule has 21 heavy (non-hydrogen) atoms. The van der Waals surface area contributed by atoms with Gasteiger partial charge in [0.05, 0.1) is 5.69 Å². The van der Waals surface area contributed by atoms with Crippen molar-refractivity contribution in [2.75, 3.05) is 12.3 Å². The fourth-order valence-electron chi connectivity index (χ4n) is 2.12. The molecule has 2 aromatic rings. The average molecular weight is 307 g/mol. The number of carbonyl (C=O) groups is 1. The Bertz CT molecular complexity index is 604. The van der Waals surface area contributed by atoms with Crippen molar-refractivity contribution >= 4 is 22.4 Å². The molecule has 0 aromatic carbocycles. The maximum Gasteiger partial charge on any atom is 0.242 e. The number of hydrogen-bond acceptors (Lipinski definition) is 5. The Morgan fingerprint density at radius 3 is 2.86 bits per heavy atom. The highest BCUT2D eigenvalue weighted by Crippen LogP contribution is 2.17. The normalized spacial score (nSPS) is 12.6. The van der Waals surface area contributed by atoms with Gasteiger partial charge >= 0.3 is 0 Å². The van der Waals surface area contributed by atoms with Gasteiger partial charge in [0.25, 0.3) is 0 Å². The van der Waals surface area contributed by atoms with E-state index >= 15 is 0 Å². The summed E-state index contributed by atoms with van der Waals surface area (Å²) in [4.78, 5) is 20.7. The van der Waals surface area contributed by atoms with Crippen LogP contribution in [-0.4, -0.2) is 27.0 Å². The molecule has 3 N–H and O–H groups in total. The number of hydrogen-bond donors (Lipinski definition) is 2. The number of aromatic nitrogens is 3. The quantitative estimate of drug-likeness (QED) is 0.854. The molecule has 0 bridgehead atoms. The predicted molar refractivity (Wildman–Crippen MR) is 84.3 cm³/mol. The van der Waals surface area contributed by atoms with Crippen LogP contribution in [0.2, 0.25) is 0 Å². The van der Waals surface area contributed by atoms with Crippen molar-refractivity contribution in [1.82, 2.24) is 19.9 Å². The standard InChI is InChI=1S/C14H21N5OS/c1-9(2)12-16-6-7-19(12)10(3)13(20)17-5-4-11-8-21-14(15)18-11/h6-10H,4-5H2,1-3H3,(H2,15,18)(H,17,20)/t10-/m0/s1. The molecule has 7 heteroatoms. The van der Waals surface area contributed by atoms with Crippen LogP contribution >= 0.6 is 11.3 Å². The van der Waals surface area contributed by atoms with Gasteiger partial charge in [-0.3, -0.25) is 4.79 Å². The summed E-state index contributed by atoms with van der Waals surface area (Å²) in [6.07, 6.45) is 4.27. The second-order valence-electron chi connectivity index (χ2n) is 5.24. The molecule has 0 aliphatic rings. The molecule has 0 saturated heterocycles. The van der Waals surface area contributed by atoms with Crippen LogP contribution < -0.4 is 11.1 Å². The van der Waals surface area contributed by atoms with Crippen LogP contribution in [0.4, 0.5) is 5.13 Å². The van der Waals surface area contributed by atoms with E-state index in [1.807, 2.05) is 23.1 Å². The number of carbonyl (C=O) groups excluding carboxylic acids is 1. The Hall–Kier alpha value is -1.89. The molecule has 2 aromatic heterocycles. The van der Waals surface area contributed by atoms with Crippen molar-refractivity contribution in [3.05, 3.63) is 29.3 Å². The molecule has 1 amide bonds. The van der Waals surface area contributed by atoms with Crippen molar-refractivity contribution in [1.29, 1.82) is 0 Å². The largest absolute Gasteiger partial charge is 0.375 e. The number of rotatable bonds is 6. The van der Waals surface area contributed by atoms with E-state index in [9.17, 15) is 4.79 Å². The zero-order chi connectivity index (χ0) is 15.4. The minimum absolute atomic E-state index is 0.0156. The molecule has 1 atom stereocenters. The van der Waals surface area contributed by atoms with Gasteiger partial charge in [-0.05, 0) is 6.92 Å². The molecule has 0 aliphatic heterocycles. The summed E-state index contributed by atoms with van der Waals surface area (Å²) in [7, 11) is 0. The summed E-state index contributed by atoms with van der Waals surface area (Å²) >= 11 is 1.41. The number of nitrogens with one attached hydrogen (secondary N) is 1. The summed E-state index contributed by atoms with van der Waals surface area (Å²) in [5.41, 5.74) is 6.49. The van der Waals surface area contributed by atoms with Crippen LogP contribution in [0.5, 0.6) is 0 Å². The van der Waals surface area contributed by atoms with Crippen LogP contribution in [0.25, 0.3) is 0 Å². The third kappa shape index (κ3) is 3.81. The summed E-state index contributed by atoms with van der Waals surface area (Å²) < 4.78 is 1.92. The molecule has 114 valence electrons. The molecule has 0 radical (unpaired) electrons. The van der Waals surface area contributed by atoms with Gasteiger partial charge in [0.2, 0.25) is 5.91 Å². The first-order valence-corrected chi connectivity index (χ1v) is 7.87. The molecule has 6 nitrogen and oxygen atoms in total. The summed E-state index contributed by atoms with van der Waals surface area (Å²) in [5.74, 6) is 1.19. The lowest BCUT2D eigenvalue weighted by Gasteiger charge is -2.17. The summed E-state index contributed by atoms with van der Waals surface area (Å²) in [5, 5.41) is 5.41. The number of thiazole rings is 1. The Morgan fingerprint density at radius 2 is 2.24 bits per heavy atom. The van der Waals surface area contributed by atoms with E-state index in [1.165, 1.54) is 11.3 Å². The van der Waals surface area contributed by atoms with Gasteiger partial charge < -0.3 is 15.6 Å². The molecular formula is C14H21N5OS. The minimum atomic E-state index is -0.273. The van der Waals surface area contributed by atoms with E-state index in [1.54, 1.807) is 6.20 Å². The molecular weight excluding hydrogens is 286 g/mol. The SMILES string of the molecule is CC(C)c1nccn1[C@@H](C)C(=O)NCCc1csc(N)n1. The van der Waals surface area contributed by atoms with Crippen molar-refractivity contribution in [2.24, 2.45) is 0 Å². The Kier molecular flexibility index (Phi) is 4.95. The van der Waals surface area contributed by atoms with Gasteiger partial charge in [-0.1, -0.05) is 13.8 Å². The first kappa shape index (κ1) is 15.5. The monoisotopic (exact) mass is 307 g/mol. The minimum Gasteiger partial charge on any atom is -0.375 e. The summed E-state index contributed by atoms with van der Waals surface area (Å²) in [6, 6.07) is -0.273. The Labute approximate surface area is 128 Å². The van der Waals surface area contributed by atoms with E-state index in [0.29, 0.717) is 18.1 Å². The van der Waals surface area contributed by atoms with E-state index in [0.717, 1.165) is 11.5 Å². The summed E-state index contributed by atoms with van der Waals surface area (Å²) in [6.45, 7) is 6.56. The molecule has 0 fully saturated rings. The van der Waals surface area contributed by atoms with Crippen LogP contribution in [0.15, 0.2) is 17.8 Å². The maximum absolute atomic E-state index is 12.2. The van der Waals surface area contributed by atoms with Gasteiger partial charge in [-0.15, -0.1) is 11.3 Å². The lowest BCUT2D eigenvalue weighted by Crippen LogP contribution is -2.33. The number of nitrogen functional groups attached to an aromatic ring is 1. The zero-order valence-corrected chi connectivity index (χ0v) is 13.4. The third-order valence-electron chi connectivity index (χ3n) is 3.26.